The van der Waals surface area contributed by atoms with Gasteiger partial charge in [-0.05, 0) is 32.2 Å². The smallest absolute Gasteiger partial charge is 0.0588 e. The molecule has 3 nitrogen and oxygen atoms in total. The van der Waals surface area contributed by atoms with Gasteiger partial charge >= 0.3 is 0 Å². The lowest BCUT2D eigenvalue weighted by molar-refractivity contribution is 0.102. The number of hydrogen-bond donors (Lipinski definition) is 2. The second-order valence-corrected chi connectivity index (χ2v) is 3.67. The zero-order chi connectivity index (χ0) is 9.52. The molecule has 0 radical (unpaired) electrons. The van der Waals surface area contributed by atoms with Gasteiger partial charge in [0.2, 0.25) is 0 Å². The molecular formula is C10H21NO2. The quantitative estimate of drug-likeness (QED) is 0.649. The molecule has 1 aliphatic rings. The van der Waals surface area contributed by atoms with Crippen LogP contribution in [0.25, 0.3) is 0 Å². The Morgan fingerprint density at radius 3 is 3.00 bits per heavy atom. The first-order valence-electron chi connectivity index (χ1n) is 5.32. The lowest BCUT2D eigenvalue weighted by Gasteiger charge is -2.15. The summed E-state index contributed by atoms with van der Waals surface area (Å²) in [7, 11) is 0. The van der Waals surface area contributed by atoms with Crippen LogP contribution in [-0.4, -0.2) is 37.0 Å². The monoisotopic (exact) mass is 187 g/mol. The topological polar surface area (TPSA) is 41.5 Å². The molecular weight excluding hydrogens is 166 g/mol. The van der Waals surface area contributed by atoms with Crippen molar-refractivity contribution in [1.29, 1.82) is 0 Å². The zero-order valence-electron chi connectivity index (χ0n) is 8.46. The van der Waals surface area contributed by atoms with E-state index in [1.165, 1.54) is 12.8 Å². The molecule has 2 N–H and O–H groups in total. The van der Waals surface area contributed by atoms with Crippen LogP contribution in [0.5, 0.6) is 0 Å². The van der Waals surface area contributed by atoms with Crippen molar-refractivity contribution < 1.29 is 9.84 Å². The molecule has 1 aliphatic heterocycles. The number of nitrogens with one attached hydrogen (secondary N) is 1. The number of hydrogen-bond acceptors (Lipinski definition) is 3. The lowest BCUT2D eigenvalue weighted by Crippen LogP contribution is -2.33. The molecule has 0 aromatic heterocycles. The van der Waals surface area contributed by atoms with Crippen LogP contribution in [0, 0.1) is 0 Å². The highest BCUT2D eigenvalue weighted by Crippen LogP contribution is 2.14. The minimum atomic E-state index is 0.238. The van der Waals surface area contributed by atoms with Gasteiger partial charge in [-0.15, -0.1) is 0 Å². The van der Waals surface area contributed by atoms with E-state index < -0.39 is 0 Å². The Bertz CT molecular complexity index is 118. The van der Waals surface area contributed by atoms with Gasteiger partial charge in [-0.25, -0.2) is 0 Å². The molecule has 0 bridgehead atoms. The molecule has 3 heteroatoms. The third-order valence-electron chi connectivity index (χ3n) is 2.64. The molecule has 0 amide bonds. The fraction of sp³-hybridized carbons (Fsp3) is 1.00. The summed E-state index contributed by atoms with van der Waals surface area (Å²) >= 11 is 0. The van der Waals surface area contributed by atoms with Gasteiger partial charge in [0, 0.05) is 12.6 Å². The molecule has 2 unspecified atom stereocenters. The van der Waals surface area contributed by atoms with Crippen LogP contribution < -0.4 is 5.32 Å². The molecule has 13 heavy (non-hydrogen) atoms. The van der Waals surface area contributed by atoms with E-state index in [1.54, 1.807) is 0 Å². The summed E-state index contributed by atoms with van der Waals surface area (Å²) in [6.07, 6.45) is 4.95. The fourth-order valence-electron chi connectivity index (χ4n) is 1.66. The van der Waals surface area contributed by atoms with Gasteiger partial charge in [0.15, 0.2) is 0 Å². The molecule has 0 aromatic rings. The van der Waals surface area contributed by atoms with E-state index in [0.29, 0.717) is 6.10 Å². The van der Waals surface area contributed by atoms with Gasteiger partial charge < -0.3 is 15.2 Å². The summed E-state index contributed by atoms with van der Waals surface area (Å²) in [6.45, 7) is 4.22. The van der Waals surface area contributed by atoms with Gasteiger partial charge in [-0.1, -0.05) is 6.92 Å². The molecule has 0 aromatic carbocycles. The van der Waals surface area contributed by atoms with E-state index in [0.717, 1.165) is 26.0 Å². The second kappa shape index (κ2) is 6.35. The Morgan fingerprint density at radius 1 is 1.62 bits per heavy atom. The first kappa shape index (κ1) is 11.0. The summed E-state index contributed by atoms with van der Waals surface area (Å²) in [5, 5.41) is 12.2. The van der Waals surface area contributed by atoms with Crippen LogP contribution in [0.15, 0.2) is 0 Å². The molecule has 2 atom stereocenters. The summed E-state index contributed by atoms with van der Waals surface area (Å²) in [6, 6.07) is 0.265. The van der Waals surface area contributed by atoms with E-state index in [-0.39, 0.29) is 12.6 Å². The van der Waals surface area contributed by atoms with Crippen molar-refractivity contribution in [2.45, 2.75) is 44.8 Å². The maximum atomic E-state index is 8.92. The van der Waals surface area contributed by atoms with E-state index in [2.05, 4.69) is 12.2 Å². The molecule has 1 heterocycles. The Morgan fingerprint density at radius 2 is 2.46 bits per heavy atom. The van der Waals surface area contributed by atoms with Crippen LogP contribution >= 0.6 is 0 Å². The van der Waals surface area contributed by atoms with Crippen LogP contribution in [0.1, 0.15) is 32.6 Å². The normalized spacial score (nSPS) is 24.9. The third kappa shape index (κ3) is 4.07. The summed E-state index contributed by atoms with van der Waals surface area (Å²) < 4.78 is 5.50. The Labute approximate surface area is 80.5 Å². The molecule has 1 saturated heterocycles. The third-order valence-corrected chi connectivity index (χ3v) is 2.64. The van der Waals surface area contributed by atoms with E-state index in [9.17, 15) is 0 Å². The van der Waals surface area contributed by atoms with Crippen LogP contribution in [0.2, 0.25) is 0 Å². The maximum absolute atomic E-state index is 8.92. The van der Waals surface area contributed by atoms with Crippen molar-refractivity contribution in [2.24, 2.45) is 0 Å². The van der Waals surface area contributed by atoms with E-state index >= 15 is 0 Å². The predicted octanol–water partition coefficient (Wildman–Crippen LogP) is 0.916. The highest BCUT2D eigenvalue weighted by molar-refractivity contribution is 4.68. The van der Waals surface area contributed by atoms with Gasteiger partial charge in [-0.2, -0.15) is 0 Å². The largest absolute Gasteiger partial charge is 0.395 e. The summed E-state index contributed by atoms with van der Waals surface area (Å²) in [5.74, 6) is 0. The van der Waals surface area contributed by atoms with Crippen molar-refractivity contribution in [2.75, 3.05) is 19.8 Å². The number of aliphatic hydroxyl groups is 1. The van der Waals surface area contributed by atoms with Crippen molar-refractivity contribution >= 4 is 0 Å². The highest BCUT2D eigenvalue weighted by Gasteiger charge is 2.15. The van der Waals surface area contributed by atoms with Gasteiger partial charge in [-0.3, -0.25) is 0 Å². The van der Waals surface area contributed by atoms with Gasteiger partial charge in [0.05, 0.1) is 12.7 Å². The van der Waals surface area contributed by atoms with Crippen molar-refractivity contribution in [3.63, 3.8) is 0 Å². The number of ether oxygens (including phenoxy) is 1. The molecule has 1 fully saturated rings. The molecule has 0 spiro atoms. The fourth-order valence-corrected chi connectivity index (χ4v) is 1.66. The minimum Gasteiger partial charge on any atom is -0.395 e. The van der Waals surface area contributed by atoms with Crippen LogP contribution in [-0.2, 0) is 4.74 Å². The average molecular weight is 187 g/mol. The second-order valence-electron chi connectivity index (χ2n) is 3.67. The Hall–Kier alpha value is -0.120. The van der Waals surface area contributed by atoms with Gasteiger partial charge in [0.1, 0.15) is 0 Å². The minimum absolute atomic E-state index is 0.238. The zero-order valence-corrected chi connectivity index (χ0v) is 8.46. The van der Waals surface area contributed by atoms with Gasteiger partial charge in [0.25, 0.3) is 0 Å². The average Bonchev–Trinajstić information content (AvgIpc) is 2.65. The summed E-state index contributed by atoms with van der Waals surface area (Å²) in [5.41, 5.74) is 0. The first-order chi connectivity index (χ1) is 6.36. The molecule has 1 rings (SSSR count). The van der Waals surface area contributed by atoms with E-state index in [4.69, 9.17) is 9.84 Å². The van der Waals surface area contributed by atoms with Crippen LogP contribution in [0.3, 0.4) is 0 Å². The Kier molecular flexibility index (Phi) is 5.35. The molecule has 78 valence electrons. The van der Waals surface area contributed by atoms with Crippen molar-refractivity contribution in [3.8, 4) is 0 Å². The lowest BCUT2D eigenvalue weighted by atomic mass is 10.1. The van der Waals surface area contributed by atoms with Crippen molar-refractivity contribution in [3.05, 3.63) is 0 Å². The van der Waals surface area contributed by atoms with E-state index in [1.807, 2.05) is 0 Å². The summed E-state index contributed by atoms with van der Waals surface area (Å²) in [4.78, 5) is 0. The highest BCUT2D eigenvalue weighted by atomic mass is 16.5. The standard InChI is InChI=1S/C10H21NO2/c1-2-9(8-12)11-6-5-10-4-3-7-13-10/h9-12H,2-8H2,1H3. The predicted molar refractivity (Wildman–Crippen MR) is 52.8 cm³/mol. The maximum Gasteiger partial charge on any atom is 0.0588 e. The van der Waals surface area contributed by atoms with Crippen molar-refractivity contribution in [1.82, 2.24) is 5.32 Å². The molecule has 0 saturated carbocycles. The molecule has 0 aliphatic carbocycles. The number of aliphatic hydroxyl groups excluding tert-OH is 1. The Balaban J connectivity index is 1.98. The SMILES string of the molecule is CCC(CO)NCCC1CCCO1. The van der Waals surface area contributed by atoms with Crippen LogP contribution in [0.4, 0.5) is 0 Å². The first-order valence-corrected chi connectivity index (χ1v) is 5.32. The number of rotatable bonds is 6.